The van der Waals surface area contributed by atoms with Gasteiger partial charge >= 0.3 is 6.18 Å². The van der Waals surface area contributed by atoms with Crippen LogP contribution in [0.5, 0.6) is 0 Å². The van der Waals surface area contributed by atoms with E-state index in [1.165, 1.54) is 28.6 Å². The van der Waals surface area contributed by atoms with Gasteiger partial charge in [-0.25, -0.2) is 13.4 Å². The monoisotopic (exact) mass is 524 g/mol. The van der Waals surface area contributed by atoms with Gasteiger partial charge in [0.25, 0.3) is 5.91 Å². The molecule has 0 atom stereocenters. The quantitative estimate of drug-likeness (QED) is 0.531. The van der Waals surface area contributed by atoms with E-state index in [1.54, 1.807) is 35.2 Å². The molecule has 0 radical (unpaired) electrons. The van der Waals surface area contributed by atoms with Crippen LogP contribution in [0.4, 0.5) is 24.7 Å². The SMILES string of the molecule is O=C(Nc1ccc(S(=O)(=O)N2CCN(c3ncc(C(F)(F)F)cc3Cl)CC2)cc1)c1ccccc1. The molecule has 1 fully saturated rings. The summed E-state index contributed by atoms with van der Waals surface area (Å²) in [6.45, 7) is 0.632. The number of benzene rings is 2. The smallest absolute Gasteiger partial charge is 0.353 e. The number of nitrogens with zero attached hydrogens (tertiary/aromatic N) is 3. The van der Waals surface area contributed by atoms with E-state index in [4.69, 9.17) is 11.6 Å². The molecule has 1 amide bonds. The second-order valence-corrected chi connectivity index (χ2v) is 10.1. The number of alkyl halides is 3. The minimum Gasteiger partial charge on any atom is -0.353 e. The molecule has 0 spiro atoms. The maximum absolute atomic E-state index is 13.1. The van der Waals surface area contributed by atoms with Crippen molar-refractivity contribution in [3.63, 3.8) is 0 Å². The topological polar surface area (TPSA) is 82.6 Å². The molecular weight excluding hydrogens is 505 g/mol. The van der Waals surface area contributed by atoms with E-state index >= 15 is 0 Å². The number of hydrogen-bond donors (Lipinski definition) is 1. The van der Waals surface area contributed by atoms with E-state index in [1.807, 2.05) is 0 Å². The molecule has 1 aliphatic heterocycles. The van der Waals surface area contributed by atoms with Crippen LogP contribution < -0.4 is 10.2 Å². The van der Waals surface area contributed by atoms with Crippen molar-refractivity contribution in [2.45, 2.75) is 11.1 Å². The Labute approximate surface area is 205 Å². The van der Waals surface area contributed by atoms with Gasteiger partial charge in [-0.05, 0) is 42.5 Å². The van der Waals surface area contributed by atoms with E-state index in [-0.39, 0.29) is 47.8 Å². The van der Waals surface area contributed by atoms with Crippen molar-refractivity contribution >= 4 is 39.0 Å². The van der Waals surface area contributed by atoms with Crippen LogP contribution >= 0.6 is 11.6 Å². The summed E-state index contributed by atoms with van der Waals surface area (Å²) in [7, 11) is -3.81. The van der Waals surface area contributed by atoms with Crippen LogP contribution in [0.2, 0.25) is 5.02 Å². The summed E-state index contributed by atoms with van der Waals surface area (Å²) < 4.78 is 65.9. The summed E-state index contributed by atoms with van der Waals surface area (Å²) in [5, 5.41) is 2.57. The summed E-state index contributed by atoms with van der Waals surface area (Å²) >= 11 is 6.01. The number of anilines is 2. The van der Waals surface area contributed by atoms with Crippen molar-refractivity contribution < 1.29 is 26.4 Å². The van der Waals surface area contributed by atoms with Gasteiger partial charge in [0.05, 0.1) is 15.5 Å². The fourth-order valence-electron chi connectivity index (χ4n) is 3.61. The van der Waals surface area contributed by atoms with E-state index in [0.29, 0.717) is 17.4 Å². The number of hydrogen-bond acceptors (Lipinski definition) is 5. The van der Waals surface area contributed by atoms with Crippen LogP contribution in [0.3, 0.4) is 0 Å². The zero-order chi connectivity index (χ0) is 25.2. The Morgan fingerprint density at radius 2 is 1.60 bits per heavy atom. The lowest BCUT2D eigenvalue weighted by Crippen LogP contribution is -2.49. The second-order valence-electron chi connectivity index (χ2n) is 7.76. The van der Waals surface area contributed by atoms with Crippen LogP contribution in [0, 0.1) is 0 Å². The standard InChI is InChI=1S/C23H20ClF3N4O3S/c24-20-14-17(23(25,26)27)15-28-21(20)30-10-12-31(13-11-30)35(33,34)19-8-6-18(7-9-19)29-22(32)16-4-2-1-3-5-16/h1-9,14-15H,10-13H2,(H,29,32). The number of amides is 1. The molecule has 0 saturated carbocycles. The Morgan fingerprint density at radius 3 is 2.17 bits per heavy atom. The van der Waals surface area contributed by atoms with Crippen molar-refractivity contribution in [2.75, 3.05) is 36.4 Å². The highest BCUT2D eigenvalue weighted by Crippen LogP contribution is 2.34. The molecule has 184 valence electrons. The molecule has 2 heterocycles. The van der Waals surface area contributed by atoms with Gasteiger partial charge in [0.15, 0.2) is 0 Å². The summed E-state index contributed by atoms with van der Waals surface area (Å²) in [4.78, 5) is 17.8. The zero-order valence-electron chi connectivity index (χ0n) is 18.2. The molecule has 7 nitrogen and oxygen atoms in total. The lowest BCUT2D eigenvalue weighted by molar-refractivity contribution is -0.137. The predicted molar refractivity (Wildman–Crippen MR) is 126 cm³/mol. The molecule has 12 heteroatoms. The van der Waals surface area contributed by atoms with Crippen LogP contribution in [0.15, 0.2) is 71.8 Å². The van der Waals surface area contributed by atoms with Gasteiger partial charge in [-0.3, -0.25) is 4.79 Å². The lowest BCUT2D eigenvalue weighted by Gasteiger charge is -2.35. The Bertz CT molecular complexity index is 1310. The third kappa shape index (κ3) is 5.58. The Kier molecular flexibility index (Phi) is 7.02. The molecule has 1 aromatic heterocycles. The van der Waals surface area contributed by atoms with E-state index < -0.39 is 21.8 Å². The molecule has 1 saturated heterocycles. The highest BCUT2D eigenvalue weighted by Gasteiger charge is 2.33. The first kappa shape index (κ1) is 25.0. The van der Waals surface area contributed by atoms with Crippen molar-refractivity contribution in [2.24, 2.45) is 0 Å². The summed E-state index contributed by atoms with van der Waals surface area (Å²) in [6.07, 6.45) is -3.84. The van der Waals surface area contributed by atoms with Gasteiger partial charge in [-0.1, -0.05) is 29.8 Å². The van der Waals surface area contributed by atoms with Crippen LogP contribution in [-0.4, -0.2) is 49.8 Å². The van der Waals surface area contributed by atoms with Crippen molar-refractivity contribution in [1.82, 2.24) is 9.29 Å². The van der Waals surface area contributed by atoms with Crippen molar-refractivity contribution in [3.8, 4) is 0 Å². The molecule has 0 bridgehead atoms. The van der Waals surface area contributed by atoms with Gasteiger partial charge in [0.1, 0.15) is 5.82 Å². The number of rotatable bonds is 5. The number of piperazine rings is 1. The molecule has 35 heavy (non-hydrogen) atoms. The average molecular weight is 525 g/mol. The summed E-state index contributed by atoms with van der Waals surface area (Å²) in [5.41, 5.74) is -0.0220. The average Bonchev–Trinajstić information content (AvgIpc) is 2.84. The molecule has 3 aromatic rings. The number of halogens is 4. The van der Waals surface area contributed by atoms with Crippen molar-refractivity contribution in [3.05, 3.63) is 83.0 Å². The largest absolute Gasteiger partial charge is 0.417 e. The minimum atomic E-state index is -4.55. The summed E-state index contributed by atoms with van der Waals surface area (Å²) in [6, 6.07) is 15.3. The number of carbonyl (C=O) groups is 1. The molecule has 2 aromatic carbocycles. The predicted octanol–water partition coefficient (Wildman–Crippen LogP) is 4.52. The highest BCUT2D eigenvalue weighted by molar-refractivity contribution is 7.89. The maximum Gasteiger partial charge on any atom is 0.417 e. The molecule has 4 rings (SSSR count). The van der Waals surface area contributed by atoms with Gasteiger partial charge in [-0.15, -0.1) is 0 Å². The van der Waals surface area contributed by atoms with Gasteiger partial charge in [0, 0.05) is 43.6 Å². The highest BCUT2D eigenvalue weighted by atomic mass is 35.5. The van der Waals surface area contributed by atoms with E-state index in [9.17, 15) is 26.4 Å². The number of carbonyl (C=O) groups excluding carboxylic acids is 1. The molecule has 0 aliphatic carbocycles. The van der Waals surface area contributed by atoms with Crippen LogP contribution in [0.25, 0.3) is 0 Å². The Morgan fingerprint density at radius 1 is 0.971 bits per heavy atom. The first-order valence-corrected chi connectivity index (χ1v) is 12.3. The van der Waals surface area contributed by atoms with Gasteiger partial charge < -0.3 is 10.2 Å². The first-order valence-electron chi connectivity index (χ1n) is 10.5. The molecule has 1 N–H and O–H groups in total. The normalized spacial score (nSPS) is 15.1. The minimum absolute atomic E-state index is 0.0642. The second kappa shape index (κ2) is 9.84. The molecule has 1 aliphatic rings. The number of pyridine rings is 1. The number of nitrogens with one attached hydrogen (secondary N) is 1. The third-order valence-electron chi connectivity index (χ3n) is 5.47. The maximum atomic E-state index is 13.1. The first-order chi connectivity index (χ1) is 16.6. The Hall–Kier alpha value is -3.15. The number of sulfonamides is 1. The Balaban J connectivity index is 1.40. The number of aromatic nitrogens is 1. The fourth-order valence-corrected chi connectivity index (χ4v) is 5.32. The van der Waals surface area contributed by atoms with Crippen molar-refractivity contribution in [1.29, 1.82) is 0 Å². The lowest BCUT2D eigenvalue weighted by atomic mass is 10.2. The fraction of sp³-hybridized carbons (Fsp3) is 0.217. The molecular formula is C23H20ClF3N4O3S. The van der Waals surface area contributed by atoms with Gasteiger partial charge in [0.2, 0.25) is 10.0 Å². The van der Waals surface area contributed by atoms with E-state index in [2.05, 4.69) is 10.3 Å². The van der Waals surface area contributed by atoms with Gasteiger partial charge in [-0.2, -0.15) is 17.5 Å². The molecule has 0 unspecified atom stereocenters. The van der Waals surface area contributed by atoms with E-state index in [0.717, 1.165) is 6.07 Å². The van der Waals surface area contributed by atoms with Crippen LogP contribution in [-0.2, 0) is 16.2 Å². The van der Waals surface area contributed by atoms with Crippen LogP contribution in [0.1, 0.15) is 15.9 Å². The summed E-state index contributed by atoms with van der Waals surface area (Å²) in [5.74, 6) is -0.136. The zero-order valence-corrected chi connectivity index (χ0v) is 19.7. The third-order valence-corrected chi connectivity index (χ3v) is 7.66.